The van der Waals surface area contributed by atoms with Gasteiger partial charge < -0.3 is 13.3 Å². The lowest BCUT2D eigenvalue weighted by Gasteiger charge is -2.10. The van der Waals surface area contributed by atoms with Crippen LogP contribution in [-0.2, 0) is 0 Å². The molecule has 146 heavy (non-hydrogen) atoms. The SMILES string of the molecule is c1ccc(-c2cc(-c3ccccc3)c3oc4cc(-c5nc(-c6ccccc6)nc(-n6c7ccccc7c7ccccc76)n5)ccc4c3c2)cc1.c1ccc(-c2ccc(-c3ccc4oc5cccc(-c6nc(-c7ccccc7)nc(-c7ccc(-c8ccccc8)cc7)n6)c5c4c3)cc2)cc1.c1ccc(-c2ccc(-c3nc(-c4ccc5ccccc5c4)nc(-c4ccc5c(c4)oc4cccc(-c6ccccc6)c45)n3)cc2)cc1. The normalized spacial score (nSPS) is 11.4. The van der Waals surface area contributed by atoms with Gasteiger partial charge in [-0.2, -0.15) is 9.97 Å². The third-order valence-electron chi connectivity index (χ3n) is 27.2. The Morgan fingerprint density at radius 1 is 0.144 bits per heavy atom. The van der Waals surface area contributed by atoms with Gasteiger partial charge >= 0.3 is 0 Å². The van der Waals surface area contributed by atoms with Gasteiger partial charge in [-0.05, 0) is 162 Å². The Labute approximate surface area is 839 Å². The number of rotatable bonds is 16. The summed E-state index contributed by atoms with van der Waals surface area (Å²) in [5.74, 6) is 5.42. The Balaban J connectivity index is 0.000000111. The van der Waals surface area contributed by atoms with Crippen molar-refractivity contribution in [3.8, 4) is 175 Å². The van der Waals surface area contributed by atoms with Crippen molar-refractivity contribution in [3.63, 3.8) is 0 Å². The monoisotopic (exact) mass is 1870 g/mol. The van der Waals surface area contributed by atoms with E-state index in [0.29, 0.717) is 52.5 Å². The first-order valence-electron chi connectivity index (χ1n) is 48.7. The van der Waals surface area contributed by atoms with Gasteiger partial charge in [-0.3, -0.25) is 4.57 Å². The van der Waals surface area contributed by atoms with E-state index in [-0.39, 0.29) is 0 Å². The summed E-state index contributed by atoms with van der Waals surface area (Å²) in [4.78, 5) is 45.5. The fourth-order valence-corrected chi connectivity index (χ4v) is 19.9. The van der Waals surface area contributed by atoms with Crippen LogP contribution in [0.25, 0.3) is 273 Å². The lowest BCUT2D eigenvalue weighted by Crippen LogP contribution is -2.06. The molecule has 0 fully saturated rings. The van der Waals surface area contributed by atoms with Gasteiger partial charge in [0.25, 0.3) is 0 Å². The van der Waals surface area contributed by atoms with Crippen molar-refractivity contribution >= 4 is 98.4 Å². The molecule has 0 saturated heterocycles. The van der Waals surface area contributed by atoms with Crippen LogP contribution in [0.4, 0.5) is 0 Å². The van der Waals surface area contributed by atoms with Gasteiger partial charge in [-0.1, -0.05) is 431 Å². The highest BCUT2D eigenvalue weighted by Gasteiger charge is 2.25. The van der Waals surface area contributed by atoms with Crippen molar-refractivity contribution in [3.05, 3.63) is 510 Å². The average molecular weight is 1870 g/mol. The first-order chi connectivity index (χ1) is 72.3. The zero-order valence-electron chi connectivity index (χ0n) is 78.7. The molecule has 28 aromatic rings. The van der Waals surface area contributed by atoms with Gasteiger partial charge in [0.1, 0.15) is 33.5 Å². The van der Waals surface area contributed by atoms with Gasteiger partial charge in [-0.25, -0.2) is 34.9 Å². The summed E-state index contributed by atoms with van der Waals surface area (Å²) in [6, 6.07) is 175. The number of hydrogen-bond acceptors (Lipinski definition) is 12. The number of nitrogens with zero attached hydrogens (tertiary/aromatic N) is 10. The molecule has 0 radical (unpaired) electrons. The van der Waals surface area contributed by atoms with Crippen LogP contribution in [0.5, 0.6) is 0 Å². The second-order valence-corrected chi connectivity index (χ2v) is 36.2. The molecule has 0 unspecified atom stereocenters. The minimum Gasteiger partial charge on any atom is -0.456 e. The van der Waals surface area contributed by atoms with E-state index >= 15 is 0 Å². The lowest BCUT2D eigenvalue weighted by molar-refractivity contribution is 0.668. The summed E-state index contributed by atoms with van der Waals surface area (Å²) in [6.45, 7) is 0. The fraction of sp³-hybridized carbons (Fsp3) is 0. The largest absolute Gasteiger partial charge is 0.456 e. The molecule has 0 spiro atoms. The fourth-order valence-electron chi connectivity index (χ4n) is 19.9. The Kier molecular flexibility index (Phi) is 22.3. The van der Waals surface area contributed by atoms with E-state index < -0.39 is 0 Å². The number of aromatic nitrogens is 10. The second kappa shape index (κ2) is 37.7. The number of benzene rings is 21. The molecule has 0 atom stereocenters. The number of furan rings is 3. The third-order valence-corrected chi connectivity index (χ3v) is 27.2. The van der Waals surface area contributed by atoms with Crippen LogP contribution in [-0.4, -0.2) is 49.4 Å². The smallest absolute Gasteiger partial charge is 0.238 e. The maximum Gasteiger partial charge on any atom is 0.238 e. The van der Waals surface area contributed by atoms with Gasteiger partial charge in [0.05, 0.1) is 11.0 Å². The minimum absolute atomic E-state index is 0.565. The number of para-hydroxylation sites is 2. The zero-order valence-corrected chi connectivity index (χ0v) is 78.7. The van der Waals surface area contributed by atoms with Crippen molar-refractivity contribution in [1.82, 2.24) is 49.4 Å². The molecule has 7 aromatic heterocycles. The number of hydrogen-bond donors (Lipinski definition) is 0. The van der Waals surface area contributed by atoms with Crippen LogP contribution in [0.2, 0.25) is 0 Å². The molecule has 21 aromatic carbocycles. The first-order valence-corrected chi connectivity index (χ1v) is 48.7. The minimum atomic E-state index is 0.565. The molecule has 7 heterocycles. The van der Waals surface area contributed by atoms with E-state index in [9.17, 15) is 0 Å². The second-order valence-electron chi connectivity index (χ2n) is 36.2. The predicted octanol–water partition coefficient (Wildman–Crippen LogP) is 34.6. The van der Waals surface area contributed by atoms with Crippen LogP contribution < -0.4 is 0 Å². The van der Waals surface area contributed by atoms with Crippen molar-refractivity contribution < 1.29 is 13.3 Å². The van der Waals surface area contributed by atoms with Gasteiger partial charge in [-0.15, -0.1) is 0 Å². The molecule has 13 nitrogen and oxygen atoms in total. The topological polar surface area (TPSA) is 160 Å². The van der Waals surface area contributed by atoms with E-state index in [0.717, 1.165) is 193 Å². The van der Waals surface area contributed by atoms with Crippen LogP contribution in [0.15, 0.2) is 523 Å². The number of fused-ring (bicyclic) bond motifs is 13. The van der Waals surface area contributed by atoms with E-state index in [2.05, 4.69) is 387 Å². The molecular weight excluding hydrogens is 1790 g/mol. The Morgan fingerprint density at radius 2 is 0.466 bits per heavy atom. The summed E-state index contributed by atoms with van der Waals surface area (Å²) in [5, 5.41) is 10.9. The molecule has 28 rings (SSSR count). The molecule has 13 heteroatoms. The van der Waals surface area contributed by atoms with Gasteiger partial charge in [0, 0.05) is 93.2 Å². The first kappa shape index (κ1) is 86.4. The van der Waals surface area contributed by atoms with Crippen molar-refractivity contribution in [2.45, 2.75) is 0 Å². The Morgan fingerprint density at radius 3 is 0.966 bits per heavy atom. The van der Waals surface area contributed by atoms with Crippen LogP contribution in [0.3, 0.4) is 0 Å². The standard InChI is InChI=1S/C45H28N4O.C45H29N3O.C43H27N3O/c1-4-14-29(15-5-1)33-26-37(30-16-6-2-7-17-30)42-38(27-33)36-25-24-32(28-41(36)50-42)44-46-43(31-18-8-3-9-19-31)47-45(48-44)49-39-22-12-10-20-34(39)35-21-11-13-23-40(35)49;1-4-11-30(12-5-1)32-19-21-34(22-20-32)37-27-28-40-39(29-37)42-38(17-10-18-41(42)49-40)45-47-43(35-15-8-3-9-16-35)46-44(48-45)36-25-23-33(24-26-36)31-13-6-2-7-14-31;1-3-10-28(11-4-1)30-18-21-32(22-19-30)41-44-42(34-23-20-29-12-7-8-15-33(29)26-34)46-43(45-41)35-24-25-37-39(27-35)47-38-17-9-16-36(40(37)38)31-13-5-2-6-14-31/h1-28H;1-29H;1-27H. The molecule has 684 valence electrons. The molecule has 0 saturated carbocycles. The quantitative estimate of drug-likeness (QED) is 0.0902. The lowest BCUT2D eigenvalue weighted by atomic mass is 9.95. The highest BCUT2D eigenvalue weighted by atomic mass is 16.3. The van der Waals surface area contributed by atoms with Gasteiger partial charge in [0.2, 0.25) is 5.95 Å². The summed E-state index contributed by atoms with van der Waals surface area (Å²) in [7, 11) is 0. The molecule has 0 aliphatic carbocycles. The highest BCUT2D eigenvalue weighted by Crippen LogP contribution is 2.46. The highest BCUT2D eigenvalue weighted by molar-refractivity contribution is 6.16. The van der Waals surface area contributed by atoms with Crippen molar-refractivity contribution in [2.24, 2.45) is 0 Å². The van der Waals surface area contributed by atoms with Crippen LogP contribution >= 0.6 is 0 Å². The average Bonchev–Trinajstić information content (AvgIpc) is 1.62. The third kappa shape index (κ3) is 16.8. The van der Waals surface area contributed by atoms with Crippen molar-refractivity contribution in [1.29, 1.82) is 0 Å². The Bertz CT molecular complexity index is 9700. The van der Waals surface area contributed by atoms with Crippen LogP contribution in [0, 0.1) is 0 Å². The zero-order chi connectivity index (χ0) is 96.7. The summed E-state index contributed by atoms with van der Waals surface area (Å²) < 4.78 is 21.7. The summed E-state index contributed by atoms with van der Waals surface area (Å²) in [5.41, 5.74) is 30.3. The maximum atomic E-state index is 6.75. The van der Waals surface area contributed by atoms with E-state index in [1.807, 2.05) is 127 Å². The molecule has 0 bridgehead atoms. The van der Waals surface area contributed by atoms with Crippen molar-refractivity contribution in [2.75, 3.05) is 0 Å². The Hall–Kier alpha value is -19.9. The summed E-state index contributed by atoms with van der Waals surface area (Å²) in [6.07, 6.45) is 0. The molecule has 0 aliphatic heterocycles. The van der Waals surface area contributed by atoms with E-state index in [1.165, 1.54) is 27.6 Å². The molecule has 0 amide bonds. The van der Waals surface area contributed by atoms with Crippen LogP contribution in [0.1, 0.15) is 0 Å². The van der Waals surface area contributed by atoms with E-state index in [1.54, 1.807) is 0 Å². The molecular formula is C133H84N10O3. The van der Waals surface area contributed by atoms with Gasteiger partial charge in [0.15, 0.2) is 46.6 Å². The summed E-state index contributed by atoms with van der Waals surface area (Å²) >= 11 is 0. The molecule has 0 aliphatic rings. The predicted molar refractivity (Wildman–Crippen MR) is 595 cm³/mol. The molecule has 0 N–H and O–H groups in total. The van der Waals surface area contributed by atoms with E-state index in [4.69, 9.17) is 58.1 Å². The maximum absolute atomic E-state index is 6.75.